The highest BCUT2D eigenvalue weighted by Crippen LogP contribution is 2.35. The molecule has 0 aliphatic heterocycles. The molecule has 4 rings (SSSR count). The topological polar surface area (TPSA) is 74.1 Å². The van der Waals surface area contributed by atoms with Crippen molar-refractivity contribution < 1.29 is 9.53 Å². The summed E-state index contributed by atoms with van der Waals surface area (Å²) >= 11 is 1.60. The van der Waals surface area contributed by atoms with Gasteiger partial charge in [-0.15, -0.1) is 16.4 Å². The Hall–Kier alpha value is -2.54. The van der Waals surface area contributed by atoms with Gasteiger partial charge in [-0.2, -0.15) is 0 Å². The van der Waals surface area contributed by atoms with Gasteiger partial charge in [-0.3, -0.25) is 4.79 Å². The van der Waals surface area contributed by atoms with Gasteiger partial charge in [0.1, 0.15) is 0 Å². The van der Waals surface area contributed by atoms with Crippen LogP contribution < -0.4 is 5.56 Å². The molecule has 0 N–H and O–H groups in total. The number of hydrogen-bond donors (Lipinski definition) is 0. The lowest BCUT2D eigenvalue weighted by Crippen LogP contribution is -2.25. The molecule has 27 heavy (non-hydrogen) atoms. The number of carbonyl (C=O) groups is 1. The van der Waals surface area contributed by atoms with Crippen molar-refractivity contribution in [3.05, 3.63) is 56.2 Å². The van der Waals surface area contributed by atoms with E-state index >= 15 is 0 Å². The monoisotopic (exact) mass is 383 g/mol. The minimum absolute atomic E-state index is 0.103. The summed E-state index contributed by atoms with van der Waals surface area (Å²) in [7, 11) is 0. The van der Waals surface area contributed by atoms with Gasteiger partial charge in [-0.25, -0.2) is 9.48 Å². The van der Waals surface area contributed by atoms with Crippen LogP contribution in [0.15, 0.2) is 29.1 Å². The summed E-state index contributed by atoms with van der Waals surface area (Å²) in [5.41, 5.74) is 2.34. The third-order valence-corrected chi connectivity index (χ3v) is 6.09. The molecule has 1 aliphatic carbocycles. The summed E-state index contributed by atoms with van der Waals surface area (Å²) in [6.45, 7) is 4.62. The lowest BCUT2D eigenvalue weighted by molar-refractivity contribution is 0.0526. The number of carbonyl (C=O) groups excluding carboxylic acids is 1. The molecule has 7 heteroatoms. The van der Waals surface area contributed by atoms with E-state index in [1.54, 1.807) is 36.5 Å². The Bertz CT molecular complexity index is 1070. The summed E-state index contributed by atoms with van der Waals surface area (Å²) in [6, 6.07) is 7.09. The van der Waals surface area contributed by atoms with Crippen LogP contribution in [0.4, 0.5) is 0 Å². The molecule has 3 aromatic rings. The van der Waals surface area contributed by atoms with E-state index in [-0.39, 0.29) is 18.1 Å². The van der Waals surface area contributed by atoms with E-state index in [1.165, 1.54) is 9.56 Å². The highest BCUT2D eigenvalue weighted by molar-refractivity contribution is 7.18. The molecule has 140 valence electrons. The number of aryl methyl sites for hydroxylation is 1. The molecule has 0 amide bonds. The number of rotatable bonds is 4. The smallest absolute Gasteiger partial charge is 0.338 e. The van der Waals surface area contributed by atoms with E-state index in [2.05, 4.69) is 17.2 Å². The van der Waals surface area contributed by atoms with E-state index in [4.69, 9.17) is 4.74 Å². The van der Waals surface area contributed by atoms with Crippen molar-refractivity contribution in [1.82, 2.24) is 15.0 Å². The van der Waals surface area contributed by atoms with E-state index < -0.39 is 0 Å². The molecule has 2 heterocycles. The summed E-state index contributed by atoms with van der Waals surface area (Å²) in [5.74, 6) is 0.278. The van der Waals surface area contributed by atoms with E-state index in [0.29, 0.717) is 18.1 Å². The van der Waals surface area contributed by atoms with Crippen LogP contribution in [0.5, 0.6) is 0 Å². The maximum absolute atomic E-state index is 13.0. The van der Waals surface area contributed by atoms with Crippen molar-refractivity contribution >= 4 is 27.5 Å². The number of aromatic nitrogens is 3. The van der Waals surface area contributed by atoms with E-state index in [0.717, 1.165) is 40.6 Å². The summed E-state index contributed by atoms with van der Waals surface area (Å²) in [6.07, 6.45) is 3.04. The number of hydrogen-bond acceptors (Lipinski definition) is 6. The Balaban J connectivity index is 1.69. The zero-order valence-corrected chi connectivity index (χ0v) is 16.2. The largest absolute Gasteiger partial charge is 0.462 e. The predicted octanol–water partition coefficient (Wildman–Crippen LogP) is 3.20. The maximum Gasteiger partial charge on any atom is 0.338 e. The maximum atomic E-state index is 13.0. The molecule has 6 nitrogen and oxygen atoms in total. The van der Waals surface area contributed by atoms with Gasteiger partial charge in [-0.1, -0.05) is 24.3 Å². The highest BCUT2D eigenvalue weighted by Gasteiger charge is 2.23. The van der Waals surface area contributed by atoms with Gasteiger partial charge in [-0.05, 0) is 55.4 Å². The molecule has 1 aromatic carbocycles. The van der Waals surface area contributed by atoms with Gasteiger partial charge in [0.05, 0.1) is 24.1 Å². The second-order valence-corrected chi connectivity index (χ2v) is 8.09. The summed E-state index contributed by atoms with van der Waals surface area (Å²) < 4.78 is 6.43. The summed E-state index contributed by atoms with van der Waals surface area (Å²) in [5, 5.41) is 9.14. The number of ether oxygens (including phenoxy) is 1. The first-order chi connectivity index (χ1) is 13.1. The van der Waals surface area contributed by atoms with Crippen LogP contribution in [-0.4, -0.2) is 27.6 Å². The van der Waals surface area contributed by atoms with Crippen molar-refractivity contribution in [3.63, 3.8) is 0 Å². The van der Waals surface area contributed by atoms with Gasteiger partial charge >= 0.3 is 5.97 Å². The first kappa shape index (κ1) is 17.9. The molecule has 1 aliphatic rings. The molecule has 0 saturated heterocycles. The Morgan fingerprint density at radius 2 is 2.26 bits per heavy atom. The highest BCUT2D eigenvalue weighted by atomic mass is 32.1. The fourth-order valence-electron chi connectivity index (χ4n) is 3.58. The van der Waals surface area contributed by atoms with Gasteiger partial charge in [0.15, 0.2) is 4.83 Å². The lowest BCUT2D eigenvalue weighted by atomic mass is 9.89. The quantitative estimate of drug-likeness (QED) is 0.647. The van der Waals surface area contributed by atoms with Crippen LogP contribution in [-0.2, 0) is 24.1 Å². The Morgan fingerprint density at radius 3 is 3.07 bits per heavy atom. The molecule has 0 spiro atoms. The SMILES string of the molecule is CCOC(=O)c1cccc(Cn2nnc3sc4c(c3c2=O)CC[C@H](C)C4)c1. The molecule has 2 aromatic heterocycles. The van der Waals surface area contributed by atoms with Gasteiger partial charge < -0.3 is 4.74 Å². The second kappa shape index (κ2) is 7.23. The van der Waals surface area contributed by atoms with Crippen LogP contribution in [0.3, 0.4) is 0 Å². The minimum atomic E-state index is -0.366. The second-order valence-electron chi connectivity index (χ2n) is 7.01. The van der Waals surface area contributed by atoms with Gasteiger partial charge in [0, 0.05) is 4.88 Å². The average Bonchev–Trinajstić information content (AvgIpc) is 3.02. The van der Waals surface area contributed by atoms with Crippen LogP contribution >= 0.6 is 11.3 Å². The molecule has 0 saturated carbocycles. The third kappa shape index (κ3) is 3.39. The zero-order valence-electron chi connectivity index (χ0n) is 15.4. The minimum Gasteiger partial charge on any atom is -0.462 e. The molecule has 0 bridgehead atoms. The van der Waals surface area contributed by atoms with Crippen LogP contribution in [0.2, 0.25) is 0 Å². The van der Waals surface area contributed by atoms with E-state index in [9.17, 15) is 9.59 Å². The Morgan fingerprint density at radius 1 is 1.41 bits per heavy atom. The fraction of sp³-hybridized carbons (Fsp3) is 0.400. The van der Waals surface area contributed by atoms with Gasteiger partial charge in [0.2, 0.25) is 0 Å². The number of thiophene rings is 1. The predicted molar refractivity (Wildman–Crippen MR) is 104 cm³/mol. The van der Waals surface area contributed by atoms with Crippen LogP contribution in [0, 0.1) is 5.92 Å². The third-order valence-electron chi connectivity index (χ3n) is 4.96. The first-order valence-electron chi connectivity index (χ1n) is 9.21. The van der Waals surface area contributed by atoms with Crippen molar-refractivity contribution in [3.8, 4) is 0 Å². The van der Waals surface area contributed by atoms with Crippen molar-refractivity contribution in [2.45, 2.75) is 39.7 Å². The molecule has 0 fully saturated rings. The number of fused-ring (bicyclic) bond motifs is 3. The lowest BCUT2D eigenvalue weighted by Gasteiger charge is -2.17. The first-order valence-corrected chi connectivity index (χ1v) is 10.0. The fourth-order valence-corrected chi connectivity index (χ4v) is 4.90. The number of esters is 1. The standard InChI is InChI=1S/C20H21N3O3S/c1-3-26-20(25)14-6-4-5-13(10-14)11-23-19(24)17-15-8-7-12(2)9-16(15)27-18(17)21-22-23/h4-6,10,12H,3,7-9,11H2,1-2H3/t12-/m0/s1. The Labute approximate surface area is 160 Å². The van der Waals surface area contributed by atoms with Crippen molar-refractivity contribution in [2.24, 2.45) is 5.92 Å². The molecular formula is C20H21N3O3S. The number of benzene rings is 1. The molecule has 0 radical (unpaired) electrons. The average molecular weight is 383 g/mol. The van der Waals surface area contributed by atoms with Crippen LogP contribution in [0.25, 0.3) is 10.2 Å². The van der Waals surface area contributed by atoms with Crippen molar-refractivity contribution in [1.29, 1.82) is 0 Å². The molecule has 0 unspecified atom stereocenters. The number of nitrogens with zero attached hydrogens (tertiary/aromatic N) is 3. The summed E-state index contributed by atoms with van der Waals surface area (Å²) in [4.78, 5) is 27.0. The molecular weight excluding hydrogens is 362 g/mol. The van der Waals surface area contributed by atoms with E-state index in [1.807, 2.05) is 6.07 Å². The van der Waals surface area contributed by atoms with Crippen molar-refractivity contribution in [2.75, 3.05) is 6.61 Å². The zero-order chi connectivity index (χ0) is 19.0. The Kier molecular flexibility index (Phi) is 4.78. The van der Waals surface area contributed by atoms with Crippen LogP contribution in [0.1, 0.15) is 46.6 Å². The molecule has 1 atom stereocenters. The normalized spacial score (nSPS) is 16.3. The van der Waals surface area contributed by atoms with Gasteiger partial charge in [0.25, 0.3) is 5.56 Å².